The van der Waals surface area contributed by atoms with Crippen LogP contribution in [0.2, 0.25) is 6.04 Å². The van der Waals surface area contributed by atoms with E-state index in [1.54, 1.807) is 5.70 Å². The van der Waals surface area contributed by atoms with Gasteiger partial charge in [-0.1, -0.05) is 55.5 Å². The maximum Gasteiger partial charge on any atom is 0.255 e. The minimum atomic E-state index is -2.05. The summed E-state index contributed by atoms with van der Waals surface area (Å²) < 4.78 is 13.1. The molecular formula is C11H15FSi. The van der Waals surface area contributed by atoms with Crippen LogP contribution in [0.5, 0.6) is 0 Å². The van der Waals surface area contributed by atoms with Crippen molar-refractivity contribution in [2.45, 2.75) is 19.4 Å². The molecule has 0 aliphatic heterocycles. The number of rotatable bonds is 4. The fraction of sp³-hybridized carbons (Fsp3) is 0.273. The lowest BCUT2D eigenvalue weighted by Gasteiger charge is -1.96. The van der Waals surface area contributed by atoms with Crippen LogP contribution >= 0.6 is 0 Å². The van der Waals surface area contributed by atoms with Gasteiger partial charge in [0.25, 0.3) is 9.13 Å². The van der Waals surface area contributed by atoms with Gasteiger partial charge in [-0.3, -0.25) is 0 Å². The van der Waals surface area contributed by atoms with E-state index in [0.29, 0.717) is 0 Å². The molecule has 0 spiro atoms. The van der Waals surface area contributed by atoms with Gasteiger partial charge in [-0.15, -0.1) is 0 Å². The van der Waals surface area contributed by atoms with Crippen molar-refractivity contribution in [1.82, 2.24) is 0 Å². The quantitative estimate of drug-likeness (QED) is 0.509. The fourth-order valence-electron chi connectivity index (χ4n) is 1.15. The Bertz CT molecular complexity index is 256. The minimum absolute atomic E-state index is 0.753. The van der Waals surface area contributed by atoms with Crippen LogP contribution in [-0.4, -0.2) is 9.13 Å². The molecule has 0 amide bonds. The van der Waals surface area contributed by atoms with Gasteiger partial charge < -0.3 is 4.11 Å². The molecule has 1 unspecified atom stereocenters. The highest BCUT2D eigenvalue weighted by molar-refractivity contribution is 6.57. The zero-order valence-electron chi connectivity index (χ0n) is 7.91. The van der Waals surface area contributed by atoms with Crippen LogP contribution in [0.25, 0.3) is 6.08 Å². The molecule has 0 fully saturated rings. The fourth-order valence-corrected chi connectivity index (χ4v) is 2.33. The standard InChI is InChI=1S/C11H15FSi/c1-2-9-13(12)10-8-11-6-4-3-5-7-11/h3-8,10,13H,2,9H2,1H3. The molecule has 0 N–H and O–H groups in total. The summed E-state index contributed by atoms with van der Waals surface area (Å²) in [7, 11) is -2.05. The Balaban J connectivity index is 2.49. The van der Waals surface area contributed by atoms with Gasteiger partial charge in [0, 0.05) is 0 Å². The second-order valence-corrected chi connectivity index (χ2v) is 5.07. The zero-order valence-corrected chi connectivity index (χ0v) is 9.07. The number of benzene rings is 1. The summed E-state index contributed by atoms with van der Waals surface area (Å²) in [5.41, 5.74) is 2.85. The molecule has 1 atom stereocenters. The van der Waals surface area contributed by atoms with Crippen molar-refractivity contribution in [3.05, 3.63) is 41.6 Å². The zero-order chi connectivity index (χ0) is 9.52. The number of hydrogen-bond acceptors (Lipinski definition) is 0. The monoisotopic (exact) mass is 194 g/mol. The Morgan fingerprint density at radius 2 is 2.00 bits per heavy atom. The normalized spacial score (nSPS) is 13.4. The van der Waals surface area contributed by atoms with Gasteiger partial charge in [-0.05, 0) is 11.6 Å². The van der Waals surface area contributed by atoms with Crippen molar-refractivity contribution in [2.24, 2.45) is 0 Å². The van der Waals surface area contributed by atoms with Gasteiger partial charge in [0.05, 0.1) is 0 Å². The van der Waals surface area contributed by atoms with Crippen molar-refractivity contribution < 1.29 is 4.11 Å². The van der Waals surface area contributed by atoms with Crippen molar-refractivity contribution in [2.75, 3.05) is 0 Å². The van der Waals surface area contributed by atoms with Crippen LogP contribution in [0.1, 0.15) is 18.9 Å². The lowest BCUT2D eigenvalue weighted by Crippen LogP contribution is -1.98. The predicted octanol–water partition coefficient (Wildman–Crippen LogP) is 3.34. The van der Waals surface area contributed by atoms with Gasteiger partial charge in [0.1, 0.15) is 0 Å². The molecule has 0 saturated carbocycles. The highest BCUT2D eigenvalue weighted by Crippen LogP contribution is 2.05. The smallest absolute Gasteiger partial charge is 0.255 e. The first-order chi connectivity index (χ1) is 6.33. The van der Waals surface area contributed by atoms with Crippen molar-refractivity contribution in [3.8, 4) is 0 Å². The molecule has 0 bridgehead atoms. The number of halogens is 1. The summed E-state index contributed by atoms with van der Waals surface area (Å²) in [6.07, 6.45) is 2.85. The van der Waals surface area contributed by atoms with Gasteiger partial charge in [-0.2, -0.15) is 0 Å². The molecule has 0 aromatic heterocycles. The van der Waals surface area contributed by atoms with Crippen LogP contribution in [0.15, 0.2) is 36.0 Å². The maximum absolute atomic E-state index is 13.1. The third-order valence-corrected chi connectivity index (χ3v) is 3.60. The van der Waals surface area contributed by atoms with E-state index >= 15 is 0 Å². The highest BCUT2D eigenvalue weighted by Gasteiger charge is 2.01. The van der Waals surface area contributed by atoms with E-state index in [-0.39, 0.29) is 0 Å². The molecule has 13 heavy (non-hydrogen) atoms. The SMILES string of the molecule is CCC[SiH](F)C=Cc1ccccc1. The first-order valence-electron chi connectivity index (χ1n) is 4.70. The first kappa shape index (κ1) is 10.2. The molecule has 0 nitrogen and oxygen atoms in total. The van der Waals surface area contributed by atoms with Crippen molar-refractivity contribution in [1.29, 1.82) is 0 Å². The second kappa shape index (κ2) is 5.70. The topological polar surface area (TPSA) is 0 Å². The molecule has 0 aliphatic carbocycles. The Morgan fingerprint density at radius 3 is 2.62 bits per heavy atom. The van der Waals surface area contributed by atoms with Crippen LogP contribution in [0.4, 0.5) is 4.11 Å². The molecule has 0 radical (unpaired) electrons. The average Bonchev–Trinajstić information content (AvgIpc) is 2.17. The lowest BCUT2D eigenvalue weighted by atomic mass is 10.2. The summed E-state index contributed by atoms with van der Waals surface area (Å²) in [6, 6.07) is 10.6. The van der Waals surface area contributed by atoms with E-state index in [9.17, 15) is 4.11 Å². The van der Waals surface area contributed by atoms with E-state index in [0.717, 1.165) is 18.0 Å². The summed E-state index contributed by atoms with van der Waals surface area (Å²) in [5.74, 6) is 0. The third kappa shape index (κ3) is 4.04. The molecule has 1 aromatic rings. The molecule has 0 heterocycles. The molecular weight excluding hydrogens is 179 g/mol. The van der Waals surface area contributed by atoms with Crippen molar-refractivity contribution >= 4 is 15.2 Å². The summed E-state index contributed by atoms with van der Waals surface area (Å²) in [4.78, 5) is 0. The van der Waals surface area contributed by atoms with Crippen LogP contribution in [-0.2, 0) is 0 Å². The van der Waals surface area contributed by atoms with E-state index in [1.165, 1.54) is 0 Å². The minimum Gasteiger partial charge on any atom is -0.313 e. The van der Waals surface area contributed by atoms with Gasteiger partial charge in [0.2, 0.25) is 0 Å². The van der Waals surface area contributed by atoms with E-state index in [2.05, 4.69) is 0 Å². The highest BCUT2D eigenvalue weighted by atomic mass is 28.3. The first-order valence-corrected chi connectivity index (χ1v) is 6.62. The average molecular weight is 194 g/mol. The molecule has 70 valence electrons. The largest absolute Gasteiger partial charge is 0.313 e. The van der Waals surface area contributed by atoms with Gasteiger partial charge in [0.15, 0.2) is 0 Å². The van der Waals surface area contributed by atoms with Gasteiger partial charge in [-0.25, -0.2) is 0 Å². The van der Waals surface area contributed by atoms with Gasteiger partial charge >= 0.3 is 0 Å². The lowest BCUT2D eigenvalue weighted by molar-refractivity contribution is 0.822. The summed E-state index contributed by atoms with van der Waals surface area (Å²) >= 11 is 0. The van der Waals surface area contributed by atoms with E-state index < -0.39 is 9.13 Å². The third-order valence-electron chi connectivity index (χ3n) is 1.86. The van der Waals surface area contributed by atoms with Crippen molar-refractivity contribution in [3.63, 3.8) is 0 Å². The predicted molar refractivity (Wildman–Crippen MR) is 58.8 cm³/mol. The maximum atomic E-state index is 13.1. The van der Waals surface area contributed by atoms with Crippen LogP contribution < -0.4 is 0 Å². The Kier molecular flexibility index (Phi) is 4.47. The summed E-state index contributed by atoms with van der Waals surface area (Å²) in [5, 5.41) is 0. The molecule has 0 aliphatic rings. The van der Waals surface area contributed by atoms with Crippen LogP contribution in [0.3, 0.4) is 0 Å². The van der Waals surface area contributed by atoms with Crippen LogP contribution in [0, 0.1) is 0 Å². The molecule has 1 rings (SSSR count). The van der Waals surface area contributed by atoms with E-state index in [4.69, 9.17) is 0 Å². The number of hydrogen-bond donors (Lipinski definition) is 0. The Labute approximate surface area is 80.9 Å². The van der Waals surface area contributed by atoms with E-state index in [1.807, 2.05) is 43.3 Å². The molecule has 2 heteroatoms. The molecule has 0 saturated heterocycles. The summed E-state index contributed by atoms with van der Waals surface area (Å²) in [6.45, 7) is 2.02. The molecule has 1 aromatic carbocycles. The Morgan fingerprint density at radius 1 is 1.31 bits per heavy atom. The second-order valence-electron chi connectivity index (χ2n) is 3.07. The Hall–Kier alpha value is -0.893.